The summed E-state index contributed by atoms with van der Waals surface area (Å²) in [4.78, 5) is 90.6. The number of nitrogens with two attached hydrogens (primary N) is 1. The van der Waals surface area contributed by atoms with Crippen LogP contribution in [0.15, 0.2) is 251 Å². The number of carbonyl (C=O) groups excluding carboxylic acids is 4. The third kappa shape index (κ3) is 26.3. The number of nitriles is 1. The van der Waals surface area contributed by atoms with Crippen molar-refractivity contribution in [2.45, 2.75) is 71.2 Å². The first-order valence-electron chi connectivity index (χ1n) is 32.3. The van der Waals surface area contributed by atoms with Crippen LogP contribution < -0.4 is 5.73 Å². The van der Waals surface area contributed by atoms with Crippen LogP contribution in [0.2, 0.25) is 0 Å². The third-order valence-electron chi connectivity index (χ3n) is 14.4. The van der Waals surface area contributed by atoms with Crippen LogP contribution in [-0.4, -0.2) is 116 Å². The number of esters is 3. The van der Waals surface area contributed by atoms with Crippen LogP contribution in [0.3, 0.4) is 0 Å². The molecule has 14 rings (SSSR count). The lowest BCUT2D eigenvalue weighted by Crippen LogP contribution is -2.27. The van der Waals surface area contributed by atoms with Gasteiger partial charge >= 0.3 is 23.9 Å². The average molecular weight is 1740 g/mol. The summed E-state index contributed by atoms with van der Waals surface area (Å²) in [6, 6.07) is 54.9. The molecule has 24 nitrogen and oxygen atoms in total. The molecular weight excluding hydrogens is 1670 g/mol. The van der Waals surface area contributed by atoms with Crippen molar-refractivity contribution in [3.8, 4) is 6.07 Å². The summed E-state index contributed by atoms with van der Waals surface area (Å²) in [6.07, 6.45) is 18.1. The smallest absolute Gasteiger partial charge is 0.326 e. The van der Waals surface area contributed by atoms with E-state index in [0.29, 0.717) is 37.3 Å². The largest absolute Gasteiger partial charge is 0.481 e. The highest BCUT2D eigenvalue weighted by molar-refractivity contribution is 9.11. The number of rotatable bonds is 16. The van der Waals surface area contributed by atoms with Gasteiger partial charge in [-0.05, 0) is 206 Å². The van der Waals surface area contributed by atoms with Gasteiger partial charge < -0.3 is 42.7 Å². The Morgan fingerprint density at radius 3 is 1.30 bits per heavy atom. The van der Waals surface area contributed by atoms with Gasteiger partial charge in [0.05, 0.1) is 144 Å². The van der Waals surface area contributed by atoms with E-state index in [1.165, 1.54) is 0 Å². The monoisotopic (exact) mass is 1730 g/mol. The van der Waals surface area contributed by atoms with E-state index in [4.69, 9.17) is 30.3 Å². The number of halogens is 5. The summed E-state index contributed by atoms with van der Waals surface area (Å²) < 4.78 is 27.7. The Kier molecular flexibility index (Phi) is 34.0. The molecule has 0 saturated heterocycles. The van der Waals surface area contributed by atoms with Crippen molar-refractivity contribution in [2.75, 3.05) is 19.8 Å². The van der Waals surface area contributed by atoms with Gasteiger partial charge in [-0.25, -0.2) is 39.9 Å². The molecule has 3 N–H and O–H groups in total. The van der Waals surface area contributed by atoms with Crippen LogP contribution >= 0.6 is 79.6 Å². The lowest BCUT2D eigenvalue weighted by Gasteiger charge is -2.16. The van der Waals surface area contributed by atoms with E-state index < -0.39 is 23.8 Å². The molecule has 0 amide bonds. The number of aliphatic carboxylic acids is 1. The van der Waals surface area contributed by atoms with Crippen molar-refractivity contribution in [3.05, 3.63) is 302 Å². The fourth-order valence-corrected chi connectivity index (χ4v) is 11.6. The first-order valence-corrected chi connectivity index (χ1v) is 36.6. The number of hydrogen-bond donors (Lipinski definition) is 2. The number of fused-ring (bicyclic) bond motifs is 5. The van der Waals surface area contributed by atoms with Gasteiger partial charge in [-0.2, -0.15) is 5.26 Å². The fourth-order valence-electron chi connectivity index (χ4n) is 9.66. The van der Waals surface area contributed by atoms with E-state index in [9.17, 15) is 24.0 Å². The first kappa shape index (κ1) is 81.8. The zero-order valence-corrected chi connectivity index (χ0v) is 65.3. The Labute approximate surface area is 647 Å². The highest BCUT2D eigenvalue weighted by atomic mass is 79.9. The van der Waals surface area contributed by atoms with E-state index in [1.807, 2.05) is 166 Å². The minimum absolute atomic E-state index is 0.0215. The maximum absolute atomic E-state index is 12.2. The van der Waals surface area contributed by atoms with E-state index >= 15 is 0 Å². The first-order chi connectivity index (χ1) is 50.8. The molecule has 0 saturated carbocycles. The number of alkyl halides is 1. The maximum atomic E-state index is 12.2. The molecule has 0 bridgehead atoms. The molecule has 0 fully saturated rings. The number of pyridine rings is 8. The normalized spacial score (nSPS) is 10.3. The SMILES string of the molecule is BrCc1cccc(Br)n1.Brc1cccc2cncn12.CCOC(=O)C(C(=O)OCC)c1cccc2cncn12.CCOC(=O)Cc1cccc2cncn12.Cc1cccc(Br)n1.N#Cc1ccc(CC(=O)Cc2cccc3cncn23)cc1.NCc1cccc(Br)n1.O=C(O)Cc1cccc2cncn12. The second kappa shape index (κ2) is 43.6. The van der Waals surface area contributed by atoms with Crippen LogP contribution in [0.25, 0.3) is 27.6 Å². The molecule has 29 heteroatoms. The van der Waals surface area contributed by atoms with Gasteiger partial charge in [-0.1, -0.05) is 76.6 Å². The van der Waals surface area contributed by atoms with Gasteiger partial charge in [0.1, 0.15) is 25.9 Å². The summed E-state index contributed by atoms with van der Waals surface area (Å²) in [5, 5.41) is 18.2. The third-order valence-corrected chi connectivity index (χ3v) is 16.9. The number of carboxylic acids is 1. The van der Waals surface area contributed by atoms with Gasteiger partial charge in [-0.3, -0.25) is 28.4 Å². The van der Waals surface area contributed by atoms with E-state index in [1.54, 1.807) is 116 Å². The molecule has 0 aliphatic heterocycles. The lowest BCUT2D eigenvalue weighted by molar-refractivity contribution is -0.157. The highest BCUT2D eigenvalue weighted by Gasteiger charge is 2.33. The fraction of sp³-hybridized carbons (Fsp3) is 0.184. The standard InChI is InChI=1S/C17H13N3O.C14H16N2O4.C11H12N2O2.C9H8N2O2.C7H5BrN2.C6H5Br2N.C6H7BrN2.C6H6BrN/c18-10-14-6-4-13(5-7-14)8-17(21)9-15-2-1-3-16-11-19-12-20(15)16;1-3-19-13(17)12(14(18)20-4-2)11-7-5-6-10-8-15-9-16(10)11;1-2-15-11(14)6-9-4-3-5-10-7-12-8-13(9)10;12-9(13)4-7-2-1-3-8-5-10-6-11(7)8;8-7-3-1-2-6-4-9-5-10(6)7;7-4-5-2-1-3-6(8)9-5;7-6-3-1-2-5(4-8)9-6;1-5-3-2-4-6(7)8-5/h1-7,11-12H,8-9H2;5-9,12H,3-4H2,1-2H3;3-5,7-8H,2,6H2,1H3;1-3,5-6H,4H2,(H,12,13);1-5H;1-3H,4H2;1-3H,4,8H2;2-4H,1H3. The van der Waals surface area contributed by atoms with E-state index in [2.05, 4.69) is 126 Å². The number of hydrogen-bond acceptors (Lipinski definition) is 18. The summed E-state index contributed by atoms with van der Waals surface area (Å²) in [6.45, 7) is 8.47. The molecule has 0 unspecified atom stereocenters. The predicted molar refractivity (Wildman–Crippen MR) is 416 cm³/mol. The number of imidazole rings is 5. The summed E-state index contributed by atoms with van der Waals surface area (Å²) in [5.41, 5.74) is 17.7. The Morgan fingerprint density at radius 2 is 0.886 bits per heavy atom. The van der Waals surface area contributed by atoms with Crippen LogP contribution in [0, 0.1) is 18.3 Å². The topological polar surface area (TPSA) is 308 Å². The number of nitrogens with zero attached hydrogens (tertiary/aromatic N) is 14. The van der Waals surface area contributed by atoms with Gasteiger partial charge in [0.15, 0.2) is 5.92 Å². The van der Waals surface area contributed by atoms with Crippen molar-refractivity contribution in [1.82, 2.24) is 61.9 Å². The molecule has 0 atom stereocenters. The van der Waals surface area contributed by atoms with Gasteiger partial charge in [0.25, 0.3) is 0 Å². The van der Waals surface area contributed by atoms with Crippen molar-refractivity contribution in [2.24, 2.45) is 5.73 Å². The number of ketones is 1. The number of Topliss-reactive ketones (excluding diaryl/α,β-unsaturated/α-hetero) is 1. The number of aryl methyl sites for hydroxylation is 1. The molecule has 13 heterocycles. The minimum atomic E-state index is -1.10. The zero-order valence-electron chi connectivity index (χ0n) is 57.3. The van der Waals surface area contributed by atoms with Crippen LogP contribution in [-0.2, 0) is 75.7 Å². The number of ether oxygens (including phenoxy) is 3. The number of benzene rings is 1. The molecule has 105 heavy (non-hydrogen) atoms. The van der Waals surface area contributed by atoms with Crippen molar-refractivity contribution in [1.29, 1.82) is 5.26 Å². The van der Waals surface area contributed by atoms with Gasteiger partial charge in [-0.15, -0.1) is 0 Å². The van der Waals surface area contributed by atoms with Crippen LogP contribution in [0.5, 0.6) is 0 Å². The molecule has 0 radical (unpaired) electrons. The number of aromatic nitrogens is 13. The molecule has 0 spiro atoms. The second-order valence-electron chi connectivity index (χ2n) is 21.8. The van der Waals surface area contributed by atoms with Crippen LogP contribution in [0.1, 0.15) is 77.7 Å². The van der Waals surface area contributed by atoms with Crippen molar-refractivity contribution < 1.29 is 43.3 Å². The summed E-state index contributed by atoms with van der Waals surface area (Å²) >= 11 is 16.5. The van der Waals surface area contributed by atoms with Crippen LogP contribution in [0.4, 0.5) is 0 Å². The zero-order chi connectivity index (χ0) is 75.5. The lowest BCUT2D eigenvalue weighted by atomic mass is 10.0. The maximum Gasteiger partial charge on any atom is 0.326 e. The minimum Gasteiger partial charge on any atom is -0.481 e. The Morgan fingerprint density at radius 1 is 0.476 bits per heavy atom. The Bertz CT molecular complexity index is 5070. The molecule has 0 aliphatic rings. The van der Waals surface area contributed by atoms with E-state index in [0.717, 1.165) is 91.1 Å². The Hall–Kier alpha value is -10.5. The molecule has 540 valence electrons. The molecular formula is C76H72Br5N15O9. The average Bonchev–Trinajstić information content (AvgIpc) is 1.53. The summed E-state index contributed by atoms with van der Waals surface area (Å²) in [7, 11) is 0. The Balaban J connectivity index is 0.000000172. The van der Waals surface area contributed by atoms with Gasteiger partial charge in [0.2, 0.25) is 0 Å². The van der Waals surface area contributed by atoms with Gasteiger partial charge in [0, 0.05) is 53.2 Å². The van der Waals surface area contributed by atoms with Crippen molar-refractivity contribution in [3.63, 3.8) is 0 Å². The van der Waals surface area contributed by atoms with Crippen molar-refractivity contribution >= 4 is 137 Å². The number of carbonyl (C=O) groups is 5. The molecule has 13 aromatic heterocycles. The molecule has 1 aromatic carbocycles. The highest BCUT2D eigenvalue weighted by Crippen LogP contribution is 2.22. The van der Waals surface area contributed by atoms with E-state index in [-0.39, 0.29) is 37.8 Å². The molecule has 14 aromatic rings. The molecule has 0 aliphatic carbocycles. The number of carboxylic acid groups (broad SMARTS) is 1. The predicted octanol–water partition coefficient (Wildman–Crippen LogP) is 14.8. The second-order valence-corrected chi connectivity index (χ2v) is 25.6. The quantitative estimate of drug-likeness (QED) is 0.0298. The summed E-state index contributed by atoms with van der Waals surface area (Å²) in [5.74, 6) is -3.24.